The summed E-state index contributed by atoms with van der Waals surface area (Å²) in [6, 6.07) is 0. The van der Waals surface area contributed by atoms with Crippen molar-refractivity contribution in [2.75, 3.05) is 5.75 Å². The van der Waals surface area contributed by atoms with Crippen LogP contribution in [0.2, 0.25) is 0 Å². The quantitative estimate of drug-likeness (QED) is 0.255. The van der Waals surface area contributed by atoms with Crippen molar-refractivity contribution in [3.63, 3.8) is 0 Å². The summed E-state index contributed by atoms with van der Waals surface area (Å²) in [5, 5.41) is 8.41. The number of aliphatic carboxylic acids is 1. The molecule has 1 N–H and O–H groups in total. The van der Waals surface area contributed by atoms with Crippen molar-refractivity contribution in [1.29, 1.82) is 0 Å². The van der Waals surface area contributed by atoms with Gasteiger partial charge in [-0.05, 0) is 12.8 Å². The average Bonchev–Trinajstić information content (AvgIpc) is 2.24. The Hall–Kier alpha value is -0.310. The first-order valence-corrected chi connectivity index (χ1v) is 8.15. The molecule has 18 heavy (non-hydrogen) atoms. The van der Waals surface area contributed by atoms with Gasteiger partial charge in [0.05, 0.1) is 0 Å². The van der Waals surface area contributed by atoms with E-state index in [0.717, 1.165) is 44.9 Å². The van der Waals surface area contributed by atoms with Crippen molar-refractivity contribution in [3.8, 4) is 0 Å². The standard InChI is InChI=1S/C10H20O6S2/c11-10(12)8-6-4-2-1-3-5-7-9-17-16-18(13,14)15/h1-9H2,(H,11,12)(H,13,14,15)/p-1. The molecule has 0 aromatic heterocycles. The van der Waals surface area contributed by atoms with Gasteiger partial charge in [-0.15, -0.1) is 0 Å². The Morgan fingerprint density at radius 1 is 1.06 bits per heavy atom. The summed E-state index contributed by atoms with van der Waals surface area (Å²) in [6.45, 7) is 0. The van der Waals surface area contributed by atoms with E-state index in [2.05, 4.69) is 3.63 Å². The van der Waals surface area contributed by atoms with Crippen LogP contribution in [0.1, 0.15) is 51.4 Å². The van der Waals surface area contributed by atoms with Crippen LogP contribution >= 0.6 is 12.0 Å². The summed E-state index contributed by atoms with van der Waals surface area (Å²) in [4.78, 5) is 10.2. The Morgan fingerprint density at radius 3 is 2.06 bits per heavy atom. The lowest BCUT2D eigenvalue weighted by molar-refractivity contribution is -0.137. The number of unbranched alkanes of at least 4 members (excludes halogenated alkanes) is 6. The highest BCUT2D eigenvalue weighted by Gasteiger charge is 1.98. The molecule has 108 valence electrons. The number of rotatable bonds is 12. The lowest BCUT2D eigenvalue weighted by Gasteiger charge is -2.05. The zero-order valence-electron chi connectivity index (χ0n) is 10.2. The van der Waals surface area contributed by atoms with E-state index in [1.54, 1.807) is 0 Å². The molecule has 0 spiro atoms. The SMILES string of the molecule is O=C(O)CCCCCCCCCSOS(=O)(=O)[O-]. The van der Waals surface area contributed by atoms with Crippen molar-refractivity contribution in [2.24, 2.45) is 0 Å². The third-order valence-corrected chi connectivity index (χ3v) is 3.76. The highest BCUT2D eigenvalue weighted by atomic mass is 32.3. The smallest absolute Gasteiger partial charge is 0.303 e. The summed E-state index contributed by atoms with van der Waals surface area (Å²) in [6.07, 6.45) is 6.73. The Labute approximate surface area is 112 Å². The van der Waals surface area contributed by atoms with Crippen LogP contribution in [0.4, 0.5) is 0 Å². The van der Waals surface area contributed by atoms with E-state index in [9.17, 15) is 17.8 Å². The molecule has 0 fully saturated rings. The molecule has 8 heteroatoms. The Kier molecular flexibility index (Phi) is 10.4. The molecule has 0 amide bonds. The number of carbonyl (C=O) groups is 1. The molecule has 0 bridgehead atoms. The first-order chi connectivity index (χ1) is 8.42. The van der Waals surface area contributed by atoms with Crippen molar-refractivity contribution < 1.29 is 26.5 Å². The number of carboxylic acids is 1. The van der Waals surface area contributed by atoms with Gasteiger partial charge in [0.1, 0.15) is 0 Å². The van der Waals surface area contributed by atoms with Crippen LogP contribution in [0.3, 0.4) is 0 Å². The predicted octanol–water partition coefficient (Wildman–Crippen LogP) is 2.32. The van der Waals surface area contributed by atoms with Gasteiger partial charge in [0, 0.05) is 24.2 Å². The van der Waals surface area contributed by atoms with Crippen molar-refractivity contribution in [1.82, 2.24) is 0 Å². The first kappa shape index (κ1) is 17.7. The molecule has 0 radical (unpaired) electrons. The molecule has 0 aliphatic carbocycles. The molecule has 0 rings (SSSR count). The van der Waals surface area contributed by atoms with Crippen molar-refractivity contribution in [3.05, 3.63) is 0 Å². The van der Waals surface area contributed by atoms with E-state index >= 15 is 0 Å². The Morgan fingerprint density at radius 2 is 1.56 bits per heavy atom. The van der Waals surface area contributed by atoms with Crippen LogP contribution in [0, 0.1) is 0 Å². The third kappa shape index (κ3) is 15.7. The average molecular weight is 299 g/mol. The lowest BCUT2D eigenvalue weighted by atomic mass is 10.1. The van der Waals surface area contributed by atoms with Gasteiger partial charge in [-0.2, -0.15) is 0 Å². The van der Waals surface area contributed by atoms with Crippen molar-refractivity contribution >= 4 is 28.4 Å². The van der Waals surface area contributed by atoms with Gasteiger partial charge in [-0.25, -0.2) is 12.0 Å². The van der Waals surface area contributed by atoms with E-state index in [1.165, 1.54) is 0 Å². The Bertz CT molecular complexity index is 314. The molecular formula is C10H19O6S2-. The molecule has 0 saturated carbocycles. The molecule has 0 aliphatic heterocycles. The largest absolute Gasteiger partial charge is 0.725 e. The Balaban J connectivity index is 3.10. The van der Waals surface area contributed by atoms with Crippen LogP contribution in [0.25, 0.3) is 0 Å². The lowest BCUT2D eigenvalue weighted by Crippen LogP contribution is -1.98. The summed E-state index contributed by atoms with van der Waals surface area (Å²) in [5.41, 5.74) is 0. The maximum Gasteiger partial charge on any atom is 0.303 e. The second-order valence-corrected chi connectivity index (χ2v) is 5.92. The van der Waals surface area contributed by atoms with E-state index in [0.29, 0.717) is 17.8 Å². The summed E-state index contributed by atoms with van der Waals surface area (Å²) in [5.74, 6) is -0.263. The maximum atomic E-state index is 10.2. The molecule has 0 aromatic carbocycles. The van der Waals surface area contributed by atoms with Crippen LogP contribution in [0.5, 0.6) is 0 Å². The second-order valence-electron chi connectivity index (χ2n) is 3.92. The summed E-state index contributed by atoms with van der Waals surface area (Å²) >= 11 is 0.670. The van der Waals surface area contributed by atoms with Gasteiger partial charge >= 0.3 is 5.97 Å². The molecule has 0 aromatic rings. The zero-order chi connectivity index (χ0) is 13.9. The molecule has 0 heterocycles. The predicted molar refractivity (Wildman–Crippen MR) is 67.8 cm³/mol. The minimum atomic E-state index is -4.57. The summed E-state index contributed by atoms with van der Waals surface area (Å²) < 4.78 is 34.2. The van der Waals surface area contributed by atoms with Gasteiger partial charge in [-0.3, -0.25) is 4.79 Å². The number of hydrogen-bond acceptors (Lipinski definition) is 6. The minimum Gasteiger partial charge on any atom is -0.725 e. The summed E-state index contributed by atoms with van der Waals surface area (Å²) in [7, 11) is -4.57. The van der Waals surface area contributed by atoms with Gasteiger partial charge in [0.15, 0.2) is 0 Å². The minimum absolute atomic E-state index is 0.234. The number of carboxylic acid groups (broad SMARTS) is 1. The fraction of sp³-hybridized carbons (Fsp3) is 0.900. The van der Waals surface area contributed by atoms with E-state index in [-0.39, 0.29) is 6.42 Å². The molecule has 0 atom stereocenters. The second kappa shape index (κ2) is 10.6. The highest BCUT2D eigenvalue weighted by molar-refractivity contribution is 8.02. The monoisotopic (exact) mass is 299 g/mol. The molecular weight excluding hydrogens is 280 g/mol. The van der Waals surface area contributed by atoms with E-state index < -0.39 is 16.4 Å². The fourth-order valence-corrected chi connectivity index (χ4v) is 2.48. The van der Waals surface area contributed by atoms with Gasteiger partial charge in [0.25, 0.3) is 0 Å². The first-order valence-electron chi connectivity index (χ1n) is 5.90. The molecule has 6 nitrogen and oxygen atoms in total. The van der Waals surface area contributed by atoms with Crippen LogP contribution in [-0.2, 0) is 18.8 Å². The normalized spacial score (nSPS) is 11.6. The van der Waals surface area contributed by atoms with Gasteiger partial charge in [-0.1, -0.05) is 32.1 Å². The van der Waals surface area contributed by atoms with Crippen LogP contribution in [0.15, 0.2) is 0 Å². The van der Waals surface area contributed by atoms with Crippen molar-refractivity contribution in [2.45, 2.75) is 51.4 Å². The van der Waals surface area contributed by atoms with Crippen LogP contribution < -0.4 is 0 Å². The third-order valence-electron chi connectivity index (χ3n) is 2.25. The topological polar surface area (TPSA) is 104 Å². The van der Waals surface area contributed by atoms with Gasteiger partial charge < -0.3 is 9.66 Å². The number of hydrogen-bond donors (Lipinski definition) is 1. The fourth-order valence-electron chi connectivity index (χ4n) is 1.41. The van der Waals surface area contributed by atoms with Crippen LogP contribution in [-0.4, -0.2) is 29.8 Å². The molecule has 0 saturated heterocycles. The van der Waals surface area contributed by atoms with Gasteiger partial charge in [0.2, 0.25) is 10.4 Å². The molecule has 0 unspecified atom stereocenters. The molecule has 0 aliphatic rings. The zero-order valence-corrected chi connectivity index (χ0v) is 11.8. The van der Waals surface area contributed by atoms with E-state index in [1.807, 2.05) is 0 Å². The maximum absolute atomic E-state index is 10.2. The van der Waals surface area contributed by atoms with E-state index in [4.69, 9.17) is 5.11 Å². The highest BCUT2D eigenvalue weighted by Crippen LogP contribution is 2.13.